The molecule has 0 atom stereocenters. The number of fused-ring (bicyclic) bond motifs is 1. The lowest BCUT2D eigenvalue weighted by atomic mass is 9.97. The molecule has 172 valence electrons. The van der Waals surface area contributed by atoms with E-state index in [1.54, 1.807) is 24.3 Å². The van der Waals surface area contributed by atoms with Crippen molar-refractivity contribution in [3.63, 3.8) is 0 Å². The van der Waals surface area contributed by atoms with E-state index >= 15 is 0 Å². The predicted molar refractivity (Wildman–Crippen MR) is 129 cm³/mol. The number of aromatic nitrogens is 2. The van der Waals surface area contributed by atoms with Crippen LogP contribution in [0.1, 0.15) is 12.8 Å². The van der Waals surface area contributed by atoms with Crippen molar-refractivity contribution < 1.29 is 13.9 Å². The number of amides is 1. The number of rotatable bonds is 6. The van der Waals surface area contributed by atoms with Crippen LogP contribution in [0.15, 0.2) is 48.8 Å². The standard InChI is InChI=1S/C24H25ClFN5O2/c1-31-9-7-15(8-10-31)3-6-23(32)30-21-12-17-20(13-22(21)33-2)27-14-28-24(17)29-16-4-5-19(26)18(25)11-16/h3-6,11-15H,7-10H2,1-2H3,(H,30,32)(H,27,28,29). The Hall–Kier alpha value is -3.23. The molecule has 1 aromatic heterocycles. The van der Waals surface area contributed by atoms with Crippen LogP contribution in [0.5, 0.6) is 5.75 Å². The summed E-state index contributed by atoms with van der Waals surface area (Å²) in [4.78, 5) is 23.5. The maximum Gasteiger partial charge on any atom is 0.248 e. The lowest BCUT2D eigenvalue weighted by molar-refractivity contribution is -0.112. The van der Waals surface area contributed by atoms with E-state index in [0.717, 1.165) is 25.9 Å². The number of methoxy groups -OCH3 is 1. The molecule has 4 rings (SSSR count). The molecule has 2 N–H and O–H groups in total. The fourth-order valence-electron chi connectivity index (χ4n) is 3.78. The second kappa shape index (κ2) is 10.1. The number of carbonyl (C=O) groups is 1. The minimum absolute atomic E-state index is 0.00406. The number of ether oxygens (including phenoxy) is 1. The molecule has 1 fully saturated rings. The number of likely N-dealkylation sites (tertiary alicyclic amines) is 1. The summed E-state index contributed by atoms with van der Waals surface area (Å²) in [7, 11) is 3.64. The number of nitrogens with zero attached hydrogens (tertiary/aromatic N) is 3. The smallest absolute Gasteiger partial charge is 0.248 e. The number of piperidine rings is 1. The highest BCUT2D eigenvalue weighted by molar-refractivity contribution is 6.31. The summed E-state index contributed by atoms with van der Waals surface area (Å²) in [5.74, 6) is 0.638. The summed E-state index contributed by atoms with van der Waals surface area (Å²) in [6.07, 6.45) is 7.06. The lowest BCUT2D eigenvalue weighted by Gasteiger charge is -2.26. The number of carbonyl (C=O) groups excluding carboxylic acids is 1. The first-order valence-electron chi connectivity index (χ1n) is 10.7. The Morgan fingerprint density at radius 1 is 1.24 bits per heavy atom. The molecule has 0 saturated carbocycles. The fourth-order valence-corrected chi connectivity index (χ4v) is 3.96. The van der Waals surface area contributed by atoms with E-state index < -0.39 is 5.82 Å². The minimum Gasteiger partial charge on any atom is -0.494 e. The van der Waals surface area contributed by atoms with E-state index in [0.29, 0.717) is 39.8 Å². The molecular formula is C24H25ClFN5O2. The van der Waals surface area contributed by atoms with Gasteiger partial charge in [-0.2, -0.15) is 0 Å². The van der Waals surface area contributed by atoms with Gasteiger partial charge in [0.1, 0.15) is 23.7 Å². The highest BCUT2D eigenvalue weighted by Gasteiger charge is 2.15. The Kier molecular flexibility index (Phi) is 7.05. The van der Waals surface area contributed by atoms with Crippen LogP contribution in [0.3, 0.4) is 0 Å². The number of hydrogen-bond acceptors (Lipinski definition) is 6. The summed E-state index contributed by atoms with van der Waals surface area (Å²) in [6.45, 7) is 2.06. The van der Waals surface area contributed by atoms with Gasteiger partial charge in [0.2, 0.25) is 5.91 Å². The van der Waals surface area contributed by atoms with E-state index in [-0.39, 0.29) is 10.9 Å². The normalized spacial score (nSPS) is 15.2. The van der Waals surface area contributed by atoms with Gasteiger partial charge in [-0.05, 0) is 69.2 Å². The van der Waals surface area contributed by atoms with Gasteiger partial charge in [0, 0.05) is 17.1 Å². The third-order valence-electron chi connectivity index (χ3n) is 5.68. The minimum atomic E-state index is -0.502. The molecular weight excluding hydrogens is 445 g/mol. The van der Waals surface area contributed by atoms with Crippen molar-refractivity contribution in [2.75, 3.05) is 37.9 Å². The molecule has 3 aromatic rings. The van der Waals surface area contributed by atoms with Gasteiger partial charge < -0.3 is 20.3 Å². The molecule has 0 radical (unpaired) electrons. The summed E-state index contributed by atoms with van der Waals surface area (Å²) in [5, 5.41) is 6.69. The highest BCUT2D eigenvalue weighted by atomic mass is 35.5. The van der Waals surface area contributed by atoms with Crippen molar-refractivity contribution in [1.82, 2.24) is 14.9 Å². The molecule has 7 nitrogen and oxygen atoms in total. The van der Waals surface area contributed by atoms with Crippen LogP contribution >= 0.6 is 11.6 Å². The molecule has 1 amide bonds. The largest absolute Gasteiger partial charge is 0.494 e. The first-order valence-corrected chi connectivity index (χ1v) is 11.0. The lowest BCUT2D eigenvalue weighted by Crippen LogP contribution is -2.29. The highest BCUT2D eigenvalue weighted by Crippen LogP contribution is 2.33. The van der Waals surface area contributed by atoms with Gasteiger partial charge in [0.15, 0.2) is 0 Å². The van der Waals surface area contributed by atoms with Crippen molar-refractivity contribution >= 4 is 45.6 Å². The van der Waals surface area contributed by atoms with E-state index in [1.165, 1.54) is 25.6 Å². The van der Waals surface area contributed by atoms with Crippen LogP contribution in [-0.2, 0) is 4.79 Å². The zero-order chi connectivity index (χ0) is 23.4. The molecule has 0 spiro atoms. The van der Waals surface area contributed by atoms with Crippen molar-refractivity contribution in [2.24, 2.45) is 5.92 Å². The monoisotopic (exact) mass is 469 g/mol. The topological polar surface area (TPSA) is 79.4 Å². The second-order valence-electron chi connectivity index (χ2n) is 8.03. The molecule has 33 heavy (non-hydrogen) atoms. The molecule has 0 unspecified atom stereocenters. The van der Waals surface area contributed by atoms with Gasteiger partial charge in [0.05, 0.1) is 23.3 Å². The Morgan fingerprint density at radius 2 is 2.03 bits per heavy atom. The summed E-state index contributed by atoms with van der Waals surface area (Å²) in [6, 6.07) is 7.80. The van der Waals surface area contributed by atoms with Gasteiger partial charge in [0.25, 0.3) is 0 Å². The maximum atomic E-state index is 13.5. The van der Waals surface area contributed by atoms with E-state index in [4.69, 9.17) is 16.3 Å². The van der Waals surface area contributed by atoms with Crippen molar-refractivity contribution in [3.05, 3.63) is 59.7 Å². The molecule has 1 aliphatic heterocycles. The van der Waals surface area contributed by atoms with Crippen molar-refractivity contribution in [1.29, 1.82) is 0 Å². The fraction of sp³-hybridized carbons (Fsp3) is 0.292. The van der Waals surface area contributed by atoms with Gasteiger partial charge >= 0.3 is 0 Å². The molecule has 1 saturated heterocycles. The summed E-state index contributed by atoms with van der Waals surface area (Å²) >= 11 is 5.89. The molecule has 0 bridgehead atoms. The van der Waals surface area contributed by atoms with Crippen LogP contribution in [-0.4, -0.2) is 48.0 Å². The average molecular weight is 470 g/mol. The second-order valence-corrected chi connectivity index (χ2v) is 8.44. The molecule has 1 aliphatic rings. The summed E-state index contributed by atoms with van der Waals surface area (Å²) < 4.78 is 19.0. The third-order valence-corrected chi connectivity index (χ3v) is 5.97. The number of anilines is 3. The first-order chi connectivity index (χ1) is 15.9. The van der Waals surface area contributed by atoms with E-state index in [9.17, 15) is 9.18 Å². The Morgan fingerprint density at radius 3 is 2.76 bits per heavy atom. The van der Waals surface area contributed by atoms with E-state index in [2.05, 4.69) is 32.5 Å². The average Bonchev–Trinajstić information content (AvgIpc) is 2.81. The molecule has 9 heteroatoms. The summed E-state index contributed by atoms with van der Waals surface area (Å²) in [5.41, 5.74) is 1.69. The Bertz CT molecular complexity index is 1190. The van der Waals surface area contributed by atoms with Crippen molar-refractivity contribution in [2.45, 2.75) is 12.8 Å². The molecule has 2 heterocycles. The molecule has 2 aromatic carbocycles. The first kappa shape index (κ1) is 22.9. The Labute approximate surface area is 196 Å². The van der Waals surface area contributed by atoms with Crippen LogP contribution in [0.4, 0.5) is 21.6 Å². The number of nitrogens with one attached hydrogen (secondary N) is 2. The number of benzene rings is 2. The van der Waals surface area contributed by atoms with Gasteiger partial charge in [-0.1, -0.05) is 17.7 Å². The Balaban J connectivity index is 1.57. The third kappa shape index (κ3) is 5.58. The quantitative estimate of drug-likeness (QED) is 0.494. The number of halogens is 2. The van der Waals surface area contributed by atoms with Crippen LogP contribution < -0.4 is 15.4 Å². The number of hydrogen-bond donors (Lipinski definition) is 2. The van der Waals surface area contributed by atoms with Crippen LogP contribution in [0.2, 0.25) is 5.02 Å². The molecule has 0 aliphatic carbocycles. The number of allylic oxidation sites excluding steroid dienone is 1. The zero-order valence-corrected chi connectivity index (χ0v) is 19.2. The zero-order valence-electron chi connectivity index (χ0n) is 18.4. The van der Waals surface area contributed by atoms with Crippen LogP contribution in [0, 0.1) is 11.7 Å². The van der Waals surface area contributed by atoms with Crippen molar-refractivity contribution in [3.8, 4) is 5.75 Å². The van der Waals surface area contributed by atoms with Gasteiger partial charge in [-0.3, -0.25) is 4.79 Å². The van der Waals surface area contributed by atoms with E-state index in [1.807, 2.05) is 6.08 Å². The van der Waals surface area contributed by atoms with Gasteiger partial charge in [-0.25, -0.2) is 14.4 Å². The maximum absolute atomic E-state index is 13.5. The van der Waals surface area contributed by atoms with Crippen LogP contribution in [0.25, 0.3) is 10.9 Å². The predicted octanol–water partition coefficient (Wildman–Crippen LogP) is 5.01. The SMILES string of the molecule is COc1cc2ncnc(Nc3ccc(F)c(Cl)c3)c2cc1NC(=O)C=CC1CCN(C)CC1. The van der Waals surface area contributed by atoms with Gasteiger partial charge in [-0.15, -0.1) is 0 Å².